The second-order valence-electron chi connectivity index (χ2n) is 5.33. The molecule has 0 heteroatoms. The lowest BCUT2D eigenvalue weighted by molar-refractivity contribution is 0.462. The average molecular weight is 218 g/mol. The Bertz CT molecular complexity index is 299. The van der Waals surface area contributed by atoms with Crippen molar-refractivity contribution in [2.24, 2.45) is 5.92 Å². The third kappa shape index (κ3) is 4.00. The summed E-state index contributed by atoms with van der Waals surface area (Å²) in [4.78, 5) is 0. The van der Waals surface area contributed by atoms with Crippen LogP contribution >= 0.6 is 0 Å². The molecule has 0 radical (unpaired) electrons. The van der Waals surface area contributed by atoms with Gasteiger partial charge in [-0.2, -0.15) is 0 Å². The van der Waals surface area contributed by atoms with Gasteiger partial charge in [0.05, 0.1) is 0 Å². The van der Waals surface area contributed by atoms with Gasteiger partial charge in [-0.15, -0.1) is 0 Å². The average Bonchev–Trinajstić information content (AvgIpc) is 2.24. The summed E-state index contributed by atoms with van der Waals surface area (Å²) in [5.74, 6) is 1.56. The quantitative estimate of drug-likeness (QED) is 0.606. The number of aryl methyl sites for hydroxylation is 1. The molecule has 0 fully saturated rings. The summed E-state index contributed by atoms with van der Waals surface area (Å²) >= 11 is 0. The van der Waals surface area contributed by atoms with Gasteiger partial charge in [0.1, 0.15) is 0 Å². The largest absolute Gasteiger partial charge is 0.0654 e. The Kier molecular flexibility index (Phi) is 5.59. The Morgan fingerprint density at radius 1 is 1.12 bits per heavy atom. The molecule has 0 saturated carbocycles. The molecule has 1 atom stereocenters. The first-order chi connectivity index (χ1) is 7.65. The lowest BCUT2D eigenvalue weighted by Crippen LogP contribution is -2.05. The van der Waals surface area contributed by atoms with E-state index in [-0.39, 0.29) is 0 Å². The topological polar surface area (TPSA) is 0 Å². The van der Waals surface area contributed by atoms with Gasteiger partial charge in [0.15, 0.2) is 0 Å². The van der Waals surface area contributed by atoms with Gasteiger partial charge < -0.3 is 0 Å². The van der Waals surface area contributed by atoms with Crippen molar-refractivity contribution in [1.82, 2.24) is 0 Å². The molecule has 0 aliphatic rings. The number of unbranched alkanes of at least 4 members (excludes halogenated alkanes) is 1. The Morgan fingerprint density at radius 2 is 1.81 bits per heavy atom. The van der Waals surface area contributed by atoms with Gasteiger partial charge in [0.2, 0.25) is 0 Å². The molecule has 1 unspecified atom stereocenters. The standard InChI is InChI=1S/C16H26/c1-5-6-10-15(12-13(2)3)16-11-8-7-9-14(16)4/h7-9,11,13,15H,5-6,10,12H2,1-4H3. The van der Waals surface area contributed by atoms with Crippen LogP contribution in [0.4, 0.5) is 0 Å². The normalized spacial score (nSPS) is 13.1. The molecule has 0 spiro atoms. The molecular weight excluding hydrogens is 192 g/mol. The van der Waals surface area contributed by atoms with E-state index in [2.05, 4.69) is 52.0 Å². The maximum atomic E-state index is 2.33. The second kappa shape index (κ2) is 6.73. The highest BCUT2D eigenvalue weighted by atomic mass is 14.2. The minimum absolute atomic E-state index is 0.765. The minimum atomic E-state index is 0.765. The highest BCUT2D eigenvalue weighted by Crippen LogP contribution is 2.30. The van der Waals surface area contributed by atoms with Crippen molar-refractivity contribution >= 4 is 0 Å². The molecule has 0 saturated heterocycles. The van der Waals surface area contributed by atoms with Crippen LogP contribution in [0.2, 0.25) is 0 Å². The van der Waals surface area contributed by atoms with Crippen molar-refractivity contribution < 1.29 is 0 Å². The van der Waals surface area contributed by atoms with Crippen LogP contribution in [-0.4, -0.2) is 0 Å². The predicted molar refractivity (Wildman–Crippen MR) is 72.9 cm³/mol. The first kappa shape index (κ1) is 13.3. The fourth-order valence-corrected chi connectivity index (χ4v) is 2.46. The first-order valence-electron chi connectivity index (χ1n) is 6.70. The maximum Gasteiger partial charge on any atom is -0.0157 e. The summed E-state index contributed by atoms with van der Waals surface area (Å²) in [6.45, 7) is 9.19. The van der Waals surface area contributed by atoms with E-state index in [1.54, 1.807) is 5.56 Å². The van der Waals surface area contributed by atoms with Gasteiger partial charge in [0.25, 0.3) is 0 Å². The molecule has 0 N–H and O–H groups in total. The molecule has 1 aromatic rings. The zero-order chi connectivity index (χ0) is 12.0. The van der Waals surface area contributed by atoms with Crippen molar-refractivity contribution in [3.05, 3.63) is 35.4 Å². The van der Waals surface area contributed by atoms with E-state index in [0.717, 1.165) is 11.8 Å². The minimum Gasteiger partial charge on any atom is -0.0654 e. The van der Waals surface area contributed by atoms with Gasteiger partial charge in [0, 0.05) is 0 Å². The summed E-state index contributed by atoms with van der Waals surface area (Å²) in [6.07, 6.45) is 5.33. The van der Waals surface area contributed by atoms with E-state index < -0.39 is 0 Å². The molecule has 0 aliphatic carbocycles. The Labute approximate surface area is 101 Å². The first-order valence-corrected chi connectivity index (χ1v) is 6.70. The molecular formula is C16H26. The van der Waals surface area contributed by atoms with Crippen LogP contribution < -0.4 is 0 Å². The van der Waals surface area contributed by atoms with Crippen LogP contribution in [0.5, 0.6) is 0 Å². The predicted octanol–water partition coefficient (Wildman–Crippen LogP) is 5.31. The van der Waals surface area contributed by atoms with Crippen LogP contribution in [-0.2, 0) is 0 Å². The van der Waals surface area contributed by atoms with Crippen LogP contribution in [0.3, 0.4) is 0 Å². The maximum absolute atomic E-state index is 2.33. The lowest BCUT2D eigenvalue weighted by Gasteiger charge is -2.21. The van der Waals surface area contributed by atoms with Crippen LogP contribution in [0.25, 0.3) is 0 Å². The Hall–Kier alpha value is -0.780. The van der Waals surface area contributed by atoms with Gasteiger partial charge in [-0.25, -0.2) is 0 Å². The van der Waals surface area contributed by atoms with Crippen molar-refractivity contribution in [1.29, 1.82) is 0 Å². The van der Waals surface area contributed by atoms with Gasteiger partial charge in [-0.3, -0.25) is 0 Å². The number of hydrogen-bond donors (Lipinski definition) is 0. The number of hydrogen-bond acceptors (Lipinski definition) is 0. The zero-order valence-corrected chi connectivity index (χ0v) is 11.3. The summed E-state index contributed by atoms with van der Waals surface area (Å²) in [6, 6.07) is 8.89. The molecule has 0 bridgehead atoms. The van der Waals surface area contributed by atoms with Crippen LogP contribution in [0, 0.1) is 12.8 Å². The van der Waals surface area contributed by atoms with E-state index in [4.69, 9.17) is 0 Å². The Morgan fingerprint density at radius 3 is 2.38 bits per heavy atom. The van der Waals surface area contributed by atoms with Crippen molar-refractivity contribution in [2.75, 3.05) is 0 Å². The van der Waals surface area contributed by atoms with Gasteiger partial charge in [-0.1, -0.05) is 57.9 Å². The van der Waals surface area contributed by atoms with E-state index >= 15 is 0 Å². The van der Waals surface area contributed by atoms with E-state index in [0.29, 0.717) is 0 Å². The Balaban J connectivity index is 2.78. The molecule has 90 valence electrons. The van der Waals surface area contributed by atoms with Crippen molar-refractivity contribution in [3.8, 4) is 0 Å². The number of rotatable bonds is 6. The molecule has 1 aromatic carbocycles. The summed E-state index contributed by atoms with van der Waals surface area (Å²) in [7, 11) is 0. The lowest BCUT2D eigenvalue weighted by atomic mass is 9.84. The molecule has 0 aliphatic heterocycles. The van der Waals surface area contributed by atoms with Crippen LogP contribution in [0.1, 0.15) is 63.5 Å². The summed E-state index contributed by atoms with van der Waals surface area (Å²) in [5.41, 5.74) is 3.04. The van der Waals surface area contributed by atoms with Crippen molar-refractivity contribution in [2.45, 2.75) is 59.3 Å². The van der Waals surface area contributed by atoms with E-state index in [1.165, 1.54) is 31.2 Å². The third-order valence-electron chi connectivity index (χ3n) is 3.29. The highest BCUT2D eigenvalue weighted by Gasteiger charge is 2.14. The van der Waals surface area contributed by atoms with E-state index in [9.17, 15) is 0 Å². The molecule has 1 rings (SSSR count). The fourth-order valence-electron chi connectivity index (χ4n) is 2.46. The van der Waals surface area contributed by atoms with Crippen LogP contribution in [0.15, 0.2) is 24.3 Å². The van der Waals surface area contributed by atoms with E-state index in [1.807, 2.05) is 0 Å². The monoisotopic (exact) mass is 218 g/mol. The fraction of sp³-hybridized carbons (Fsp3) is 0.625. The molecule has 0 aromatic heterocycles. The third-order valence-corrected chi connectivity index (χ3v) is 3.29. The molecule has 0 heterocycles. The molecule has 16 heavy (non-hydrogen) atoms. The SMILES string of the molecule is CCCCC(CC(C)C)c1ccccc1C. The summed E-state index contributed by atoms with van der Waals surface area (Å²) < 4.78 is 0. The smallest absolute Gasteiger partial charge is 0.0157 e. The summed E-state index contributed by atoms with van der Waals surface area (Å²) in [5, 5.41) is 0. The van der Waals surface area contributed by atoms with Gasteiger partial charge >= 0.3 is 0 Å². The molecule has 0 amide bonds. The second-order valence-corrected chi connectivity index (χ2v) is 5.33. The molecule has 0 nitrogen and oxygen atoms in total. The zero-order valence-electron chi connectivity index (χ0n) is 11.3. The number of benzene rings is 1. The highest BCUT2D eigenvalue weighted by molar-refractivity contribution is 5.29. The van der Waals surface area contributed by atoms with Gasteiger partial charge in [-0.05, 0) is 42.7 Å². The van der Waals surface area contributed by atoms with Crippen molar-refractivity contribution in [3.63, 3.8) is 0 Å².